The van der Waals surface area contributed by atoms with Crippen LogP contribution in [0.4, 0.5) is 0 Å². The van der Waals surface area contributed by atoms with Crippen molar-refractivity contribution in [2.45, 2.75) is 266 Å². The Labute approximate surface area is 405 Å². The van der Waals surface area contributed by atoms with Crippen LogP contribution >= 0.6 is 11.3 Å². The van der Waals surface area contributed by atoms with Crippen LogP contribution in [0.3, 0.4) is 0 Å². The van der Waals surface area contributed by atoms with E-state index in [1.54, 1.807) is 0 Å². The van der Waals surface area contributed by atoms with E-state index in [0.29, 0.717) is 18.7 Å². The third-order valence-electron chi connectivity index (χ3n) is 12.2. The van der Waals surface area contributed by atoms with Crippen LogP contribution in [0.1, 0.15) is 255 Å². The van der Waals surface area contributed by atoms with Crippen molar-refractivity contribution in [3.8, 4) is 0 Å². The van der Waals surface area contributed by atoms with E-state index < -0.39 is 0 Å². The number of hydrogen-bond donors (Lipinski definition) is 1. The van der Waals surface area contributed by atoms with Crippen molar-refractivity contribution in [2.75, 3.05) is 33.7 Å². The van der Waals surface area contributed by atoms with Crippen LogP contribution in [0.15, 0.2) is 18.2 Å². The van der Waals surface area contributed by atoms with E-state index in [2.05, 4.69) is 47.2 Å². The van der Waals surface area contributed by atoms with Gasteiger partial charge in [0.05, 0.1) is 6.54 Å². The van der Waals surface area contributed by atoms with Crippen LogP contribution in [-0.2, 0) is 36.9 Å². The molecule has 1 saturated carbocycles. The first kappa shape index (κ1) is 62.5. The molecule has 0 atom stereocenters. The van der Waals surface area contributed by atoms with Crippen LogP contribution in [0.5, 0.6) is 0 Å². The maximum absolute atomic E-state index is 12.5. The number of hydrogen-bond acceptors (Lipinski definition) is 7. The monoisotopic (exact) mass is 930 g/mol. The Morgan fingerprint density at radius 1 is 0.723 bits per heavy atom. The van der Waals surface area contributed by atoms with Gasteiger partial charge in [-0.05, 0) is 123 Å². The number of esters is 1. The Bertz CT molecular complexity index is 1280. The van der Waals surface area contributed by atoms with E-state index in [0.717, 1.165) is 83.8 Å². The highest BCUT2D eigenvalue weighted by molar-refractivity contribution is 7.12. The van der Waals surface area contributed by atoms with Crippen LogP contribution in [0.25, 0.3) is 0 Å². The molecule has 2 heterocycles. The molecule has 9 heteroatoms. The second-order valence-corrected chi connectivity index (χ2v) is 20.0. The number of rotatable bonds is 25. The van der Waals surface area contributed by atoms with Crippen molar-refractivity contribution in [1.29, 1.82) is 0 Å². The summed E-state index contributed by atoms with van der Waals surface area (Å²) in [4.78, 5) is 52.1. The average molecular weight is 931 g/mol. The summed E-state index contributed by atoms with van der Waals surface area (Å²) in [5, 5.41) is 2.74. The summed E-state index contributed by atoms with van der Waals surface area (Å²) >= 11 is 1.86. The van der Waals surface area contributed by atoms with E-state index in [4.69, 9.17) is 4.74 Å². The first-order valence-corrected chi connectivity index (χ1v) is 28.0. The lowest BCUT2D eigenvalue weighted by atomic mass is 10.0. The highest BCUT2D eigenvalue weighted by atomic mass is 32.1. The van der Waals surface area contributed by atoms with E-state index in [-0.39, 0.29) is 18.0 Å². The summed E-state index contributed by atoms with van der Waals surface area (Å²) in [6, 6.07) is 2.30. The maximum Gasteiger partial charge on any atom is 0.306 e. The fourth-order valence-corrected chi connectivity index (χ4v) is 9.46. The highest BCUT2D eigenvalue weighted by Gasteiger charge is 2.22. The molecule has 0 aromatic carbocycles. The summed E-state index contributed by atoms with van der Waals surface area (Å²) in [6.07, 6.45) is 46.1. The maximum atomic E-state index is 12.5. The number of nitrogens with zero attached hydrogens (tertiary/aromatic N) is 2. The van der Waals surface area contributed by atoms with Crippen LogP contribution in [0.2, 0.25) is 0 Å². The minimum absolute atomic E-state index is 0.0544. The van der Waals surface area contributed by atoms with E-state index in [9.17, 15) is 19.2 Å². The van der Waals surface area contributed by atoms with Gasteiger partial charge in [-0.15, -0.1) is 11.3 Å². The standard InChI is InChI=1S/C26H43NOS.C21H38O3.C7H16N2O.C2H6/c1-3-4-5-6-7-8-9-10-11-12-13-14-15-16-17-18-26(28)27-20-19-24-21-23(2)29-25(24)22-27;22-19-15-11-14-18-21(23)24-20-16-12-9-7-5-3-1-2-4-6-8-10-13-17-20;1-7(10)8-5-4-6-9(2)3;1-2/h10-11,21H,3-9,12-20,22H2,1-2H3;19-20H,1-18H2;4-6H2,1-3H3,(H,8,10);1-2H3/b11-10-;;;. The quantitative estimate of drug-likeness (QED) is 0.0454. The molecule has 0 spiro atoms. The van der Waals surface area contributed by atoms with Crippen molar-refractivity contribution in [1.82, 2.24) is 15.1 Å². The number of unbranched alkanes of at least 4 members (excludes halogenated alkanes) is 13. The lowest BCUT2D eigenvalue weighted by molar-refractivity contribution is -0.150. The summed E-state index contributed by atoms with van der Waals surface area (Å²) in [6.45, 7) is 13.5. The van der Waals surface area contributed by atoms with Gasteiger partial charge in [0.25, 0.3) is 0 Å². The number of fused-ring (bicyclic) bond motifs is 1. The summed E-state index contributed by atoms with van der Waals surface area (Å²) in [7, 11) is 4.04. The number of nitrogens with one attached hydrogen (secondary N) is 1. The van der Waals surface area contributed by atoms with Gasteiger partial charge in [-0.1, -0.05) is 148 Å². The zero-order chi connectivity index (χ0) is 48.0. The van der Waals surface area contributed by atoms with Gasteiger partial charge in [0.1, 0.15) is 12.4 Å². The number of allylic oxidation sites excluding steroid dienone is 2. The normalized spacial score (nSPS) is 15.2. The molecule has 8 nitrogen and oxygen atoms in total. The molecular weight excluding hydrogens is 827 g/mol. The Kier molecular flexibility index (Phi) is 44.8. The van der Waals surface area contributed by atoms with Gasteiger partial charge in [0.2, 0.25) is 11.8 Å². The predicted octanol–water partition coefficient (Wildman–Crippen LogP) is 15.2. The lowest BCUT2D eigenvalue weighted by Crippen LogP contribution is -2.35. The molecule has 1 aromatic heterocycles. The number of ether oxygens (including phenoxy) is 1. The Hall–Kier alpha value is -2.52. The number of amides is 2. The average Bonchev–Trinajstić information content (AvgIpc) is 3.67. The van der Waals surface area contributed by atoms with Gasteiger partial charge in [0.15, 0.2) is 0 Å². The number of aldehydes is 1. The third-order valence-corrected chi connectivity index (χ3v) is 13.3. The van der Waals surface area contributed by atoms with E-state index in [1.807, 2.05) is 39.3 Å². The molecule has 3 rings (SSSR count). The van der Waals surface area contributed by atoms with Gasteiger partial charge in [0, 0.05) is 49.0 Å². The second kappa shape index (κ2) is 46.6. The minimum atomic E-state index is -0.0659. The molecule has 2 amide bonds. The molecule has 1 aliphatic heterocycles. The van der Waals surface area contributed by atoms with Crippen molar-refractivity contribution in [3.05, 3.63) is 33.5 Å². The van der Waals surface area contributed by atoms with Gasteiger partial charge >= 0.3 is 5.97 Å². The summed E-state index contributed by atoms with van der Waals surface area (Å²) < 4.78 is 5.73. The topological polar surface area (TPSA) is 96.0 Å². The third kappa shape index (κ3) is 40.3. The van der Waals surface area contributed by atoms with Crippen molar-refractivity contribution < 1.29 is 23.9 Å². The van der Waals surface area contributed by atoms with E-state index in [1.165, 1.54) is 176 Å². The molecule has 0 saturated heterocycles. The number of carbonyl (C=O) groups is 4. The molecule has 378 valence electrons. The second-order valence-electron chi connectivity index (χ2n) is 18.7. The Morgan fingerprint density at radius 3 is 1.77 bits per heavy atom. The fraction of sp³-hybridized carbons (Fsp3) is 0.821. The molecule has 0 bridgehead atoms. The zero-order valence-electron chi connectivity index (χ0n) is 43.6. The predicted molar refractivity (Wildman–Crippen MR) is 280 cm³/mol. The number of thiophene rings is 1. The van der Waals surface area contributed by atoms with Crippen molar-refractivity contribution in [3.63, 3.8) is 0 Å². The number of carbonyl (C=O) groups excluding carboxylic acids is 4. The SMILES string of the molecule is CC.CC(=O)NCCCN(C)C.CCCCCCCC/C=C\CCCCCCCC(=O)N1CCc2cc(C)sc2C1.O=CCCCCC(=O)OC1CCCCCCCCCCCCCC1. The smallest absolute Gasteiger partial charge is 0.306 e. The molecule has 1 fully saturated rings. The molecule has 2 aliphatic rings. The van der Waals surface area contributed by atoms with Gasteiger partial charge in [-0.25, -0.2) is 0 Å². The largest absolute Gasteiger partial charge is 0.462 e. The molecule has 1 N–H and O–H groups in total. The van der Waals surface area contributed by atoms with Crippen LogP contribution in [-0.4, -0.2) is 73.7 Å². The summed E-state index contributed by atoms with van der Waals surface area (Å²) in [5.41, 5.74) is 1.47. The van der Waals surface area contributed by atoms with Gasteiger partial charge < -0.3 is 24.6 Å². The molecule has 65 heavy (non-hydrogen) atoms. The zero-order valence-corrected chi connectivity index (χ0v) is 44.4. The molecule has 1 aromatic rings. The number of aryl methyl sites for hydroxylation is 1. The van der Waals surface area contributed by atoms with E-state index >= 15 is 0 Å². The van der Waals surface area contributed by atoms with Crippen molar-refractivity contribution in [2.24, 2.45) is 0 Å². The highest BCUT2D eigenvalue weighted by Crippen LogP contribution is 2.28. The van der Waals surface area contributed by atoms with Crippen molar-refractivity contribution >= 4 is 35.4 Å². The lowest BCUT2D eigenvalue weighted by Gasteiger charge is -2.27. The first-order valence-electron chi connectivity index (χ1n) is 27.2. The minimum Gasteiger partial charge on any atom is -0.462 e. The molecule has 0 unspecified atom stereocenters. The van der Waals surface area contributed by atoms with Crippen LogP contribution in [0, 0.1) is 6.92 Å². The first-order chi connectivity index (χ1) is 31.7. The van der Waals surface area contributed by atoms with Gasteiger partial charge in [-0.3, -0.25) is 14.4 Å². The summed E-state index contributed by atoms with van der Waals surface area (Å²) in [5.74, 6) is 0.349. The molecule has 0 radical (unpaired) electrons. The molecule has 1 aliphatic carbocycles. The van der Waals surface area contributed by atoms with Gasteiger partial charge in [-0.2, -0.15) is 0 Å². The Morgan fingerprint density at radius 2 is 1.23 bits per heavy atom. The fourth-order valence-electron chi connectivity index (χ4n) is 8.36. The Balaban J connectivity index is 0.00000102. The molecular formula is C56H103N3O5S. The van der Waals surface area contributed by atoms with Crippen LogP contribution < -0.4 is 5.32 Å².